The second kappa shape index (κ2) is 7.73. The second-order valence-electron chi connectivity index (χ2n) is 4.48. The summed E-state index contributed by atoms with van der Waals surface area (Å²) >= 11 is 0. The van der Waals surface area contributed by atoms with Crippen LogP contribution >= 0.6 is 0 Å². The van der Waals surface area contributed by atoms with Gasteiger partial charge in [0.1, 0.15) is 11.6 Å². The summed E-state index contributed by atoms with van der Waals surface area (Å²) < 4.78 is 40.8. The molecule has 0 aliphatic heterocycles. The van der Waals surface area contributed by atoms with Crippen LogP contribution in [0.2, 0.25) is 6.32 Å². The molecular weight excluding hydrogens is 281 g/mol. The van der Waals surface area contributed by atoms with Gasteiger partial charge >= 0.3 is 70.4 Å². The predicted octanol–water partition coefficient (Wildman–Crippen LogP) is -1.18. The van der Waals surface area contributed by atoms with E-state index in [-0.39, 0.29) is 51.4 Å². The van der Waals surface area contributed by atoms with Crippen molar-refractivity contribution >= 4 is 19.0 Å². The van der Waals surface area contributed by atoms with Crippen molar-refractivity contribution in [1.29, 1.82) is 0 Å². The molecule has 0 aliphatic rings. The number of carbonyl (C=O) groups is 2. The van der Waals surface area contributed by atoms with Gasteiger partial charge in [-0.25, -0.2) is 4.79 Å². The molecule has 0 spiro atoms. The Morgan fingerprint density at radius 1 is 1.33 bits per heavy atom. The topological polar surface area (TPSA) is 75.6 Å². The number of ether oxygens (including phenoxy) is 1. The first-order chi connectivity index (χ1) is 7.41. The number of alkyl carbamates (subject to hydrolysis) is 1. The predicted molar refractivity (Wildman–Crippen MR) is 54.7 cm³/mol. The maximum absolute atomic E-state index is 12.1. The van der Waals surface area contributed by atoms with Gasteiger partial charge in [-0.15, -0.1) is 0 Å². The molecule has 2 N–H and O–H groups in total. The number of carboxylic acid groups (broad SMARTS) is 1. The van der Waals surface area contributed by atoms with E-state index in [1.54, 1.807) is 5.32 Å². The van der Waals surface area contributed by atoms with Gasteiger partial charge in [0.2, 0.25) is 0 Å². The standard InChI is InChI=1S/C8H14BF3NO4.K/c1-8(2,3)17-7(16)13-5(6(14)15)4-9(10,11)12;/h5H,4H2,1-3H3,(H,13,16)(H,14,15);/q-1;+1. The Labute approximate surface area is 145 Å². The minimum atomic E-state index is -5.30. The molecule has 0 aromatic heterocycles. The van der Waals surface area contributed by atoms with E-state index in [1.807, 2.05) is 0 Å². The van der Waals surface area contributed by atoms with E-state index in [0.29, 0.717) is 0 Å². The second-order valence-corrected chi connectivity index (χ2v) is 4.48. The van der Waals surface area contributed by atoms with E-state index < -0.39 is 37.0 Å². The van der Waals surface area contributed by atoms with Crippen molar-refractivity contribution < 1.29 is 83.8 Å². The molecular formula is C8H14BF3KNO4. The number of carboxylic acids is 1. The zero-order valence-corrected chi connectivity index (χ0v) is 13.8. The molecule has 0 rings (SSSR count). The van der Waals surface area contributed by atoms with Crippen LogP contribution in [0, 0.1) is 0 Å². The Hall–Kier alpha value is 0.231. The molecule has 0 aromatic carbocycles. The molecule has 0 radical (unpaired) electrons. The Bertz CT molecular complexity index is 306. The van der Waals surface area contributed by atoms with Gasteiger partial charge in [-0.05, 0) is 20.8 Å². The van der Waals surface area contributed by atoms with E-state index in [9.17, 15) is 22.5 Å². The average molecular weight is 295 g/mol. The molecule has 1 amide bonds. The number of amides is 1. The van der Waals surface area contributed by atoms with Gasteiger partial charge in [0.25, 0.3) is 0 Å². The fraction of sp³-hybridized carbons (Fsp3) is 0.750. The van der Waals surface area contributed by atoms with E-state index in [2.05, 4.69) is 4.74 Å². The van der Waals surface area contributed by atoms with Crippen LogP contribution in [0.5, 0.6) is 0 Å². The summed E-state index contributed by atoms with van der Waals surface area (Å²) in [5, 5.41) is 10.2. The molecule has 1 unspecified atom stereocenters. The molecule has 0 aliphatic carbocycles. The van der Waals surface area contributed by atoms with Gasteiger partial charge in [-0.2, -0.15) is 0 Å². The largest absolute Gasteiger partial charge is 1.00 e. The van der Waals surface area contributed by atoms with E-state index in [4.69, 9.17) is 5.11 Å². The van der Waals surface area contributed by atoms with Crippen LogP contribution in [0.4, 0.5) is 17.7 Å². The molecule has 1 atom stereocenters. The molecule has 0 fully saturated rings. The van der Waals surface area contributed by atoms with Crippen molar-refractivity contribution in [3.8, 4) is 0 Å². The van der Waals surface area contributed by atoms with Crippen molar-refractivity contribution in [2.75, 3.05) is 0 Å². The smallest absolute Gasteiger partial charge is 0.480 e. The first kappa shape index (κ1) is 20.5. The van der Waals surface area contributed by atoms with Gasteiger partial charge in [0.05, 0.1) is 0 Å². The maximum atomic E-state index is 12.1. The van der Waals surface area contributed by atoms with Gasteiger partial charge < -0.3 is 28.1 Å². The van der Waals surface area contributed by atoms with Crippen LogP contribution in [-0.2, 0) is 9.53 Å². The molecule has 10 heteroatoms. The van der Waals surface area contributed by atoms with Gasteiger partial charge in [-0.3, -0.25) is 4.79 Å². The zero-order chi connectivity index (χ0) is 13.9. The Kier molecular flexibility index (Phi) is 8.83. The SMILES string of the molecule is CC(C)(C)OC(=O)NC(C[B-](F)(F)F)C(=O)O.[K+]. The van der Waals surface area contributed by atoms with E-state index >= 15 is 0 Å². The van der Waals surface area contributed by atoms with Crippen molar-refractivity contribution in [2.45, 2.75) is 38.7 Å². The van der Waals surface area contributed by atoms with Crippen molar-refractivity contribution in [1.82, 2.24) is 5.32 Å². The van der Waals surface area contributed by atoms with Crippen molar-refractivity contribution in [2.24, 2.45) is 0 Å². The van der Waals surface area contributed by atoms with E-state index in [1.165, 1.54) is 20.8 Å². The molecule has 5 nitrogen and oxygen atoms in total. The minimum Gasteiger partial charge on any atom is -0.480 e. The first-order valence-corrected chi connectivity index (χ1v) is 4.84. The molecule has 0 heterocycles. The number of carbonyl (C=O) groups excluding carboxylic acids is 1. The maximum Gasteiger partial charge on any atom is 1.00 e. The summed E-state index contributed by atoms with van der Waals surface area (Å²) in [6.45, 7) is -0.772. The Balaban J connectivity index is 0. The molecule has 0 saturated carbocycles. The molecule has 0 bridgehead atoms. The summed E-state index contributed by atoms with van der Waals surface area (Å²) in [6.07, 6.45) is -2.78. The summed E-state index contributed by atoms with van der Waals surface area (Å²) in [4.78, 5) is 21.6. The number of nitrogens with one attached hydrogen (secondary N) is 1. The van der Waals surface area contributed by atoms with E-state index in [0.717, 1.165) is 0 Å². The van der Waals surface area contributed by atoms with Crippen LogP contribution in [0.1, 0.15) is 20.8 Å². The van der Waals surface area contributed by atoms with Crippen LogP contribution in [-0.4, -0.2) is 35.8 Å². The van der Waals surface area contributed by atoms with Crippen LogP contribution < -0.4 is 56.7 Å². The number of aliphatic carboxylic acids is 1. The van der Waals surface area contributed by atoms with Crippen LogP contribution in [0.15, 0.2) is 0 Å². The molecule has 100 valence electrons. The molecule has 0 saturated heterocycles. The van der Waals surface area contributed by atoms with Crippen molar-refractivity contribution in [3.05, 3.63) is 0 Å². The third-order valence-electron chi connectivity index (χ3n) is 1.49. The number of hydrogen-bond donors (Lipinski definition) is 2. The average Bonchev–Trinajstić information content (AvgIpc) is 1.95. The molecule has 18 heavy (non-hydrogen) atoms. The zero-order valence-electron chi connectivity index (χ0n) is 10.7. The fourth-order valence-electron chi connectivity index (χ4n) is 0.939. The minimum absolute atomic E-state index is 0. The third kappa shape index (κ3) is 11.3. The fourth-order valence-corrected chi connectivity index (χ4v) is 0.939. The quantitative estimate of drug-likeness (QED) is 0.640. The number of rotatable bonds is 4. The van der Waals surface area contributed by atoms with Gasteiger partial charge in [-0.1, -0.05) is 6.32 Å². The monoisotopic (exact) mass is 295 g/mol. The Morgan fingerprint density at radius 2 is 1.78 bits per heavy atom. The van der Waals surface area contributed by atoms with Gasteiger partial charge in [0, 0.05) is 0 Å². The summed E-state index contributed by atoms with van der Waals surface area (Å²) in [5.74, 6) is -1.75. The normalized spacial score (nSPS) is 13.2. The molecule has 0 aromatic rings. The third-order valence-corrected chi connectivity index (χ3v) is 1.49. The Morgan fingerprint density at radius 3 is 2.06 bits per heavy atom. The summed E-state index contributed by atoms with van der Waals surface area (Å²) in [5.41, 5.74) is -0.906. The summed E-state index contributed by atoms with van der Waals surface area (Å²) in [6, 6.07) is -2.02. The number of hydrogen-bond acceptors (Lipinski definition) is 3. The van der Waals surface area contributed by atoms with Crippen molar-refractivity contribution in [3.63, 3.8) is 0 Å². The first-order valence-electron chi connectivity index (χ1n) is 4.84. The van der Waals surface area contributed by atoms with Crippen LogP contribution in [0.3, 0.4) is 0 Å². The van der Waals surface area contributed by atoms with Crippen LogP contribution in [0.25, 0.3) is 0 Å². The number of halogens is 3. The summed E-state index contributed by atoms with van der Waals surface area (Å²) in [7, 11) is 0. The van der Waals surface area contributed by atoms with Gasteiger partial charge in [0.15, 0.2) is 0 Å².